The number of benzene rings is 1. The Bertz CT molecular complexity index is 447. The van der Waals surface area contributed by atoms with E-state index in [9.17, 15) is 0 Å². The summed E-state index contributed by atoms with van der Waals surface area (Å²) in [6.45, 7) is 3.58. The van der Waals surface area contributed by atoms with Gasteiger partial charge in [0.05, 0.1) is 0 Å². The second-order valence-corrected chi connectivity index (χ2v) is 5.77. The van der Waals surface area contributed by atoms with E-state index in [1.807, 2.05) is 6.92 Å². The van der Waals surface area contributed by atoms with Crippen LogP contribution < -0.4 is 11.1 Å². The molecule has 108 valence electrons. The Balaban J connectivity index is 1.88. The van der Waals surface area contributed by atoms with E-state index in [-0.39, 0.29) is 5.54 Å². The van der Waals surface area contributed by atoms with E-state index in [4.69, 9.17) is 5.73 Å². The van der Waals surface area contributed by atoms with Crippen molar-refractivity contribution < 1.29 is 0 Å². The molecule has 1 aromatic rings. The van der Waals surface area contributed by atoms with E-state index in [1.54, 1.807) is 0 Å². The summed E-state index contributed by atoms with van der Waals surface area (Å²) in [7, 11) is 0. The van der Waals surface area contributed by atoms with Gasteiger partial charge in [-0.3, -0.25) is 0 Å². The van der Waals surface area contributed by atoms with Crippen LogP contribution in [0, 0.1) is 11.8 Å². The van der Waals surface area contributed by atoms with Gasteiger partial charge in [-0.2, -0.15) is 0 Å². The highest BCUT2D eigenvalue weighted by Gasteiger charge is 2.33. The summed E-state index contributed by atoms with van der Waals surface area (Å²) in [6.07, 6.45) is 5.72. The molecule has 2 heteroatoms. The topological polar surface area (TPSA) is 38.0 Å². The first-order valence-corrected chi connectivity index (χ1v) is 7.69. The maximum atomic E-state index is 6.04. The Labute approximate surface area is 123 Å². The van der Waals surface area contributed by atoms with Gasteiger partial charge in [-0.05, 0) is 44.1 Å². The van der Waals surface area contributed by atoms with Gasteiger partial charge < -0.3 is 11.1 Å². The maximum absolute atomic E-state index is 6.04. The normalized spacial score (nSPS) is 25.8. The van der Waals surface area contributed by atoms with Crippen LogP contribution in [0.15, 0.2) is 30.3 Å². The molecule has 2 rings (SSSR count). The number of hydrogen-bond donors (Lipinski definition) is 2. The average Bonchev–Trinajstić information content (AvgIpc) is 2.53. The molecule has 1 aliphatic rings. The molecule has 20 heavy (non-hydrogen) atoms. The van der Waals surface area contributed by atoms with Crippen LogP contribution in [0.25, 0.3) is 0 Å². The summed E-state index contributed by atoms with van der Waals surface area (Å²) in [5, 5.41) is 3.66. The number of nitrogens with one attached hydrogen (secondary N) is 1. The van der Waals surface area contributed by atoms with Crippen molar-refractivity contribution in [1.29, 1.82) is 0 Å². The molecule has 2 nitrogen and oxygen atoms in total. The largest absolute Gasteiger partial charge is 0.329 e. The number of nitrogens with two attached hydrogens (primary N) is 1. The lowest BCUT2D eigenvalue weighted by Crippen LogP contribution is -2.53. The zero-order valence-electron chi connectivity index (χ0n) is 12.5. The van der Waals surface area contributed by atoms with Gasteiger partial charge in [0, 0.05) is 25.0 Å². The molecule has 0 aromatic heterocycles. The molecule has 0 atom stereocenters. The van der Waals surface area contributed by atoms with Crippen molar-refractivity contribution in [2.75, 3.05) is 13.1 Å². The lowest BCUT2D eigenvalue weighted by atomic mass is 9.74. The Morgan fingerprint density at radius 1 is 1.25 bits per heavy atom. The molecule has 3 N–H and O–H groups in total. The fraction of sp³-hybridized carbons (Fsp3) is 0.556. The molecule has 1 fully saturated rings. The van der Waals surface area contributed by atoms with Crippen LogP contribution in [0.1, 0.15) is 50.5 Å². The van der Waals surface area contributed by atoms with Crippen molar-refractivity contribution in [2.45, 2.75) is 50.5 Å². The molecule has 0 heterocycles. The summed E-state index contributed by atoms with van der Waals surface area (Å²) < 4.78 is 0. The van der Waals surface area contributed by atoms with E-state index in [1.165, 1.54) is 31.2 Å². The lowest BCUT2D eigenvalue weighted by molar-refractivity contribution is 0.224. The summed E-state index contributed by atoms with van der Waals surface area (Å²) in [4.78, 5) is 0. The Morgan fingerprint density at radius 3 is 2.55 bits per heavy atom. The van der Waals surface area contributed by atoms with E-state index in [2.05, 4.69) is 47.5 Å². The second-order valence-electron chi connectivity index (χ2n) is 5.77. The maximum Gasteiger partial charge on any atom is 0.0304 e. The van der Waals surface area contributed by atoms with Gasteiger partial charge in [0.25, 0.3) is 0 Å². The smallest absolute Gasteiger partial charge is 0.0304 e. The molecule has 0 saturated heterocycles. The standard InChI is InChI=1S/C18H26N2/c1-2-3-7-14-20-18(15-19)12-10-17(11-13-18)16-8-5-4-6-9-16/h4-6,8-9,17,20H,7,10-15,19H2,1H3. The molecule has 0 unspecified atom stereocenters. The zero-order valence-corrected chi connectivity index (χ0v) is 12.5. The lowest BCUT2D eigenvalue weighted by Gasteiger charge is -2.40. The molecule has 0 amide bonds. The minimum absolute atomic E-state index is 0.140. The first-order chi connectivity index (χ1) is 9.79. The molecule has 0 spiro atoms. The number of hydrogen-bond acceptors (Lipinski definition) is 2. The Morgan fingerprint density at radius 2 is 1.95 bits per heavy atom. The van der Waals surface area contributed by atoms with Crippen LogP contribution in [-0.4, -0.2) is 18.6 Å². The van der Waals surface area contributed by atoms with Crippen molar-refractivity contribution in [2.24, 2.45) is 5.73 Å². The first-order valence-electron chi connectivity index (χ1n) is 7.69. The van der Waals surface area contributed by atoms with Crippen molar-refractivity contribution in [3.63, 3.8) is 0 Å². The third-order valence-corrected chi connectivity index (χ3v) is 4.53. The van der Waals surface area contributed by atoms with Crippen LogP contribution in [0.2, 0.25) is 0 Å². The van der Waals surface area contributed by atoms with Crippen molar-refractivity contribution in [3.05, 3.63) is 35.9 Å². The molecule has 0 bridgehead atoms. The first kappa shape index (κ1) is 15.1. The molecule has 0 radical (unpaired) electrons. The Hall–Kier alpha value is -1.30. The van der Waals surface area contributed by atoms with E-state index < -0.39 is 0 Å². The third kappa shape index (κ3) is 3.85. The minimum Gasteiger partial charge on any atom is -0.329 e. The highest BCUT2D eigenvalue weighted by molar-refractivity contribution is 5.20. The average molecular weight is 270 g/mol. The highest BCUT2D eigenvalue weighted by Crippen LogP contribution is 2.37. The van der Waals surface area contributed by atoms with E-state index >= 15 is 0 Å². The summed E-state index contributed by atoms with van der Waals surface area (Å²) in [5.74, 6) is 6.76. The Kier molecular flexibility index (Phi) is 5.64. The van der Waals surface area contributed by atoms with Crippen LogP contribution in [-0.2, 0) is 0 Å². The molecule has 1 aliphatic carbocycles. The van der Waals surface area contributed by atoms with Crippen LogP contribution >= 0.6 is 0 Å². The predicted octanol–water partition coefficient (Wildman–Crippen LogP) is 3.04. The molecule has 0 aliphatic heterocycles. The van der Waals surface area contributed by atoms with Crippen molar-refractivity contribution >= 4 is 0 Å². The summed E-state index contributed by atoms with van der Waals surface area (Å²) >= 11 is 0. The van der Waals surface area contributed by atoms with Crippen LogP contribution in [0.3, 0.4) is 0 Å². The third-order valence-electron chi connectivity index (χ3n) is 4.53. The molecule has 1 saturated carbocycles. The fourth-order valence-corrected chi connectivity index (χ4v) is 3.20. The van der Waals surface area contributed by atoms with Gasteiger partial charge >= 0.3 is 0 Å². The quantitative estimate of drug-likeness (QED) is 0.637. The summed E-state index contributed by atoms with van der Waals surface area (Å²) in [6, 6.07) is 10.9. The van der Waals surface area contributed by atoms with Crippen molar-refractivity contribution in [3.8, 4) is 11.8 Å². The van der Waals surface area contributed by atoms with Gasteiger partial charge in [0.15, 0.2) is 0 Å². The van der Waals surface area contributed by atoms with Gasteiger partial charge in [-0.15, -0.1) is 11.8 Å². The minimum atomic E-state index is 0.140. The van der Waals surface area contributed by atoms with Crippen LogP contribution in [0.4, 0.5) is 0 Å². The number of rotatable bonds is 5. The van der Waals surface area contributed by atoms with Gasteiger partial charge in [-0.1, -0.05) is 30.3 Å². The molecule has 1 aromatic carbocycles. The SMILES string of the molecule is CC#CCCNC1(CN)CCC(c2ccccc2)CC1. The molecular formula is C18H26N2. The van der Waals surface area contributed by atoms with Crippen molar-refractivity contribution in [1.82, 2.24) is 5.32 Å². The van der Waals surface area contributed by atoms with Crippen LogP contribution in [0.5, 0.6) is 0 Å². The van der Waals surface area contributed by atoms with E-state index in [0.29, 0.717) is 5.92 Å². The zero-order chi connectivity index (χ0) is 14.3. The fourth-order valence-electron chi connectivity index (χ4n) is 3.20. The van der Waals surface area contributed by atoms with E-state index in [0.717, 1.165) is 19.5 Å². The predicted molar refractivity (Wildman–Crippen MR) is 85.5 cm³/mol. The second kappa shape index (κ2) is 7.47. The summed E-state index contributed by atoms with van der Waals surface area (Å²) in [5.41, 5.74) is 7.66. The van der Waals surface area contributed by atoms with Gasteiger partial charge in [0.1, 0.15) is 0 Å². The highest BCUT2D eigenvalue weighted by atomic mass is 15.0. The van der Waals surface area contributed by atoms with Gasteiger partial charge in [0.2, 0.25) is 0 Å². The van der Waals surface area contributed by atoms with Gasteiger partial charge in [-0.25, -0.2) is 0 Å². The molecular weight excluding hydrogens is 244 g/mol. The monoisotopic (exact) mass is 270 g/mol.